The van der Waals surface area contributed by atoms with Gasteiger partial charge in [0.2, 0.25) is 0 Å². The lowest BCUT2D eigenvalue weighted by molar-refractivity contribution is -0.137. The van der Waals surface area contributed by atoms with E-state index in [1.54, 1.807) is 16.7 Å². The summed E-state index contributed by atoms with van der Waals surface area (Å²) in [5.41, 5.74) is 0. The molecule has 1 aliphatic heterocycles. The van der Waals surface area contributed by atoms with Gasteiger partial charge in [-0.2, -0.15) is 0 Å². The third-order valence-electron chi connectivity index (χ3n) is 3.19. The fourth-order valence-electron chi connectivity index (χ4n) is 2.02. The fraction of sp³-hybridized carbons (Fsp3) is 0.769. The van der Waals surface area contributed by atoms with Gasteiger partial charge in [0, 0.05) is 39.1 Å². The molecule has 0 aromatic heterocycles. The second kappa shape index (κ2) is 9.04. The Bertz CT molecular complexity index is 367. The molecular formula is C13H23N3O5. The van der Waals surface area contributed by atoms with E-state index in [2.05, 4.69) is 5.32 Å². The van der Waals surface area contributed by atoms with E-state index in [-0.39, 0.29) is 18.5 Å². The normalized spacial score (nSPS) is 14.7. The summed E-state index contributed by atoms with van der Waals surface area (Å²) in [6.45, 7) is 4.43. The van der Waals surface area contributed by atoms with Crippen LogP contribution in [-0.2, 0) is 9.53 Å². The molecule has 0 aromatic rings. The van der Waals surface area contributed by atoms with Crippen molar-refractivity contribution in [1.29, 1.82) is 0 Å². The maximum absolute atomic E-state index is 11.9. The Kier molecular flexibility index (Phi) is 7.34. The van der Waals surface area contributed by atoms with Gasteiger partial charge >= 0.3 is 18.1 Å². The molecule has 2 N–H and O–H groups in total. The number of rotatable bonds is 6. The van der Waals surface area contributed by atoms with Crippen LogP contribution in [0.2, 0.25) is 0 Å². The molecular weight excluding hydrogens is 278 g/mol. The molecule has 1 heterocycles. The van der Waals surface area contributed by atoms with Crippen molar-refractivity contribution in [2.24, 2.45) is 0 Å². The molecule has 0 spiro atoms. The Labute approximate surface area is 124 Å². The molecule has 0 unspecified atom stereocenters. The maximum atomic E-state index is 11.9. The summed E-state index contributed by atoms with van der Waals surface area (Å²) in [6.07, 6.45) is 0.965. The smallest absolute Gasteiger partial charge is 0.409 e. The molecule has 8 nitrogen and oxygen atoms in total. The van der Waals surface area contributed by atoms with E-state index in [0.717, 1.165) is 0 Å². The number of hydrogen-bond donors (Lipinski definition) is 2. The number of carboxylic acid groups (broad SMARTS) is 1. The molecule has 0 atom stereocenters. The summed E-state index contributed by atoms with van der Waals surface area (Å²) < 4.78 is 4.91. The van der Waals surface area contributed by atoms with E-state index in [0.29, 0.717) is 52.2 Å². The van der Waals surface area contributed by atoms with Gasteiger partial charge in [-0.1, -0.05) is 0 Å². The molecule has 1 saturated heterocycles. The van der Waals surface area contributed by atoms with E-state index in [4.69, 9.17) is 9.84 Å². The highest BCUT2D eigenvalue weighted by Gasteiger charge is 2.24. The van der Waals surface area contributed by atoms with Crippen molar-refractivity contribution in [2.75, 3.05) is 39.3 Å². The average Bonchev–Trinajstić information content (AvgIpc) is 2.46. The zero-order chi connectivity index (χ0) is 15.7. The quantitative estimate of drug-likeness (QED) is 0.704. The number of urea groups is 1. The van der Waals surface area contributed by atoms with Crippen LogP contribution in [0.3, 0.4) is 0 Å². The van der Waals surface area contributed by atoms with Crippen molar-refractivity contribution in [3.63, 3.8) is 0 Å². The minimum Gasteiger partial charge on any atom is -0.481 e. The van der Waals surface area contributed by atoms with Crippen LogP contribution in [0.15, 0.2) is 0 Å². The lowest BCUT2D eigenvalue weighted by Crippen LogP contribution is -2.53. The third-order valence-corrected chi connectivity index (χ3v) is 3.19. The number of ether oxygens (including phenoxy) is 1. The monoisotopic (exact) mass is 301 g/mol. The summed E-state index contributed by atoms with van der Waals surface area (Å²) in [7, 11) is 0. The summed E-state index contributed by atoms with van der Waals surface area (Å²) >= 11 is 0. The molecule has 21 heavy (non-hydrogen) atoms. The van der Waals surface area contributed by atoms with Crippen LogP contribution in [0.1, 0.15) is 26.2 Å². The topological polar surface area (TPSA) is 99.2 Å². The lowest BCUT2D eigenvalue weighted by atomic mass is 10.2. The van der Waals surface area contributed by atoms with Crippen LogP contribution < -0.4 is 5.32 Å². The van der Waals surface area contributed by atoms with Crippen LogP contribution >= 0.6 is 0 Å². The fourth-order valence-corrected chi connectivity index (χ4v) is 2.02. The van der Waals surface area contributed by atoms with Crippen LogP contribution in [0.25, 0.3) is 0 Å². The molecule has 120 valence electrons. The highest BCUT2D eigenvalue weighted by molar-refractivity contribution is 5.75. The predicted octanol–water partition coefficient (Wildman–Crippen LogP) is 0.725. The highest BCUT2D eigenvalue weighted by Crippen LogP contribution is 2.04. The number of piperazine rings is 1. The van der Waals surface area contributed by atoms with Crippen molar-refractivity contribution in [3.8, 4) is 0 Å². The van der Waals surface area contributed by atoms with Gasteiger partial charge < -0.3 is 25.0 Å². The minimum atomic E-state index is -0.823. The number of carboxylic acids is 1. The van der Waals surface area contributed by atoms with Gasteiger partial charge in [0.05, 0.1) is 6.61 Å². The summed E-state index contributed by atoms with van der Waals surface area (Å²) in [5, 5.41) is 11.3. The standard InChI is InChI=1S/C13H23N3O5/c1-2-21-13(20)16-9-7-15(8-10-16)12(19)14-6-4-3-5-11(17)18/h2-10H2,1H3,(H,14,19)(H,17,18). The zero-order valence-electron chi connectivity index (χ0n) is 12.3. The van der Waals surface area contributed by atoms with E-state index in [1.165, 1.54) is 0 Å². The number of hydrogen-bond acceptors (Lipinski definition) is 4. The average molecular weight is 301 g/mol. The van der Waals surface area contributed by atoms with Crippen LogP contribution in [0.5, 0.6) is 0 Å². The summed E-state index contributed by atoms with van der Waals surface area (Å²) in [4.78, 5) is 36.9. The Hall–Kier alpha value is -1.99. The van der Waals surface area contributed by atoms with Crippen molar-refractivity contribution >= 4 is 18.1 Å². The number of nitrogens with one attached hydrogen (secondary N) is 1. The molecule has 0 aromatic carbocycles. The predicted molar refractivity (Wildman–Crippen MR) is 75.1 cm³/mol. The first-order valence-corrected chi connectivity index (χ1v) is 7.21. The lowest BCUT2D eigenvalue weighted by Gasteiger charge is -2.34. The highest BCUT2D eigenvalue weighted by atomic mass is 16.6. The van der Waals surface area contributed by atoms with Crippen molar-refractivity contribution in [1.82, 2.24) is 15.1 Å². The van der Waals surface area contributed by atoms with Crippen LogP contribution in [0, 0.1) is 0 Å². The summed E-state index contributed by atoms with van der Waals surface area (Å²) in [5.74, 6) is -0.823. The largest absolute Gasteiger partial charge is 0.481 e. The van der Waals surface area contributed by atoms with Gasteiger partial charge in [-0.05, 0) is 19.8 Å². The summed E-state index contributed by atoms with van der Waals surface area (Å²) in [6, 6.07) is -0.172. The second-order valence-corrected chi connectivity index (χ2v) is 4.76. The van der Waals surface area contributed by atoms with Gasteiger partial charge in [-0.15, -0.1) is 0 Å². The Morgan fingerprint density at radius 1 is 1.10 bits per heavy atom. The van der Waals surface area contributed by atoms with E-state index in [1.807, 2.05) is 0 Å². The Balaban J connectivity index is 2.17. The van der Waals surface area contributed by atoms with Crippen molar-refractivity contribution < 1.29 is 24.2 Å². The van der Waals surface area contributed by atoms with Crippen molar-refractivity contribution in [3.05, 3.63) is 0 Å². The molecule has 8 heteroatoms. The zero-order valence-corrected chi connectivity index (χ0v) is 12.3. The first-order chi connectivity index (χ1) is 10.0. The van der Waals surface area contributed by atoms with E-state index >= 15 is 0 Å². The Morgan fingerprint density at radius 2 is 1.71 bits per heavy atom. The number of carbonyl (C=O) groups is 3. The van der Waals surface area contributed by atoms with Crippen LogP contribution in [-0.4, -0.2) is 72.3 Å². The third kappa shape index (κ3) is 6.33. The molecule has 0 bridgehead atoms. The first-order valence-electron chi connectivity index (χ1n) is 7.21. The van der Waals surface area contributed by atoms with Gasteiger partial charge in [-0.3, -0.25) is 4.79 Å². The minimum absolute atomic E-state index is 0.119. The SMILES string of the molecule is CCOC(=O)N1CCN(C(=O)NCCCCC(=O)O)CC1. The van der Waals surface area contributed by atoms with Gasteiger partial charge in [0.25, 0.3) is 0 Å². The number of amides is 3. The van der Waals surface area contributed by atoms with Gasteiger partial charge in [-0.25, -0.2) is 9.59 Å². The molecule has 0 radical (unpaired) electrons. The number of nitrogens with zero attached hydrogens (tertiary/aromatic N) is 2. The van der Waals surface area contributed by atoms with Gasteiger partial charge in [0.1, 0.15) is 0 Å². The van der Waals surface area contributed by atoms with Crippen LogP contribution in [0.4, 0.5) is 9.59 Å². The molecule has 1 fully saturated rings. The number of unbranched alkanes of at least 4 members (excludes halogenated alkanes) is 1. The number of carbonyl (C=O) groups excluding carboxylic acids is 2. The van der Waals surface area contributed by atoms with Crippen molar-refractivity contribution in [2.45, 2.75) is 26.2 Å². The molecule has 1 rings (SSSR count). The molecule has 0 aliphatic carbocycles. The van der Waals surface area contributed by atoms with E-state index < -0.39 is 5.97 Å². The molecule has 3 amide bonds. The second-order valence-electron chi connectivity index (χ2n) is 4.76. The van der Waals surface area contributed by atoms with E-state index in [9.17, 15) is 14.4 Å². The molecule has 0 saturated carbocycles. The molecule has 1 aliphatic rings. The number of aliphatic carboxylic acids is 1. The maximum Gasteiger partial charge on any atom is 0.409 e. The first kappa shape index (κ1) is 17.1. The Morgan fingerprint density at radius 3 is 2.29 bits per heavy atom. The van der Waals surface area contributed by atoms with Gasteiger partial charge in [0.15, 0.2) is 0 Å².